The van der Waals surface area contributed by atoms with Crippen molar-refractivity contribution < 1.29 is 14.3 Å². The first-order valence-electron chi connectivity index (χ1n) is 7.73. The molecule has 1 aromatic heterocycles. The Balaban J connectivity index is 1.47. The van der Waals surface area contributed by atoms with Crippen LogP contribution in [0.25, 0.3) is 10.2 Å². The number of rotatable bonds is 3. The van der Waals surface area contributed by atoms with Crippen LogP contribution >= 0.6 is 11.3 Å². The van der Waals surface area contributed by atoms with Gasteiger partial charge >= 0.3 is 0 Å². The van der Waals surface area contributed by atoms with Gasteiger partial charge in [-0.3, -0.25) is 4.79 Å². The van der Waals surface area contributed by atoms with Crippen LogP contribution < -0.4 is 14.8 Å². The van der Waals surface area contributed by atoms with Gasteiger partial charge in [0.15, 0.2) is 16.6 Å². The molecule has 1 amide bonds. The van der Waals surface area contributed by atoms with Crippen LogP contribution in [-0.2, 0) is 11.2 Å². The summed E-state index contributed by atoms with van der Waals surface area (Å²) in [6, 6.07) is 11.6. The zero-order valence-electron chi connectivity index (χ0n) is 13.2. The van der Waals surface area contributed by atoms with Gasteiger partial charge in [-0.1, -0.05) is 23.5 Å². The molecule has 6 heteroatoms. The molecule has 2 heterocycles. The number of hydrogen-bond acceptors (Lipinski definition) is 5. The number of anilines is 1. The number of nitrogens with one attached hydrogen (secondary N) is 1. The van der Waals surface area contributed by atoms with Crippen molar-refractivity contribution in [3.8, 4) is 11.5 Å². The van der Waals surface area contributed by atoms with E-state index in [0.29, 0.717) is 24.1 Å². The summed E-state index contributed by atoms with van der Waals surface area (Å²) in [5, 5.41) is 3.50. The smallest absolute Gasteiger partial charge is 0.230 e. The maximum absolute atomic E-state index is 12.3. The molecule has 0 atom stereocenters. The SMILES string of the molecule is Cc1ccc2nc(NC(=O)Cc3ccc4c(c3)OCCO4)sc2c1. The number of amides is 1. The number of fused-ring (bicyclic) bond motifs is 2. The third kappa shape index (κ3) is 3.05. The highest BCUT2D eigenvalue weighted by atomic mass is 32.1. The van der Waals surface area contributed by atoms with Crippen LogP contribution in [0.1, 0.15) is 11.1 Å². The second kappa shape index (κ2) is 6.13. The topological polar surface area (TPSA) is 60.5 Å². The third-order valence-electron chi connectivity index (χ3n) is 3.76. The number of carbonyl (C=O) groups excluding carboxylic acids is 1. The molecule has 0 aliphatic carbocycles. The summed E-state index contributed by atoms with van der Waals surface area (Å²) in [6.07, 6.45) is 0.269. The molecule has 1 aliphatic heterocycles. The quantitative estimate of drug-likeness (QED) is 0.792. The Kier molecular flexibility index (Phi) is 3.82. The molecule has 4 rings (SSSR count). The largest absolute Gasteiger partial charge is 0.486 e. The van der Waals surface area contributed by atoms with Crippen molar-refractivity contribution in [3.63, 3.8) is 0 Å². The Morgan fingerprint density at radius 2 is 2.00 bits per heavy atom. The molecule has 5 nitrogen and oxygen atoms in total. The van der Waals surface area contributed by atoms with Crippen molar-refractivity contribution >= 4 is 32.6 Å². The van der Waals surface area contributed by atoms with Gasteiger partial charge in [-0.2, -0.15) is 0 Å². The standard InChI is InChI=1S/C18H16N2O3S/c1-11-2-4-13-16(8-11)24-18(19-13)20-17(21)10-12-3-5-14-15(9-12)23-7-6-22-14/h2-5,8-9H,6-7,10H2,1H3,(H,19,20,21). The Morgan fingerprint density at radius 1 is 1.17 bits per heavy atom. The summed E-state index contributed by atoms with van der Waals surface area (Å²) in [6.45, 7) is 3.14. The van der Waals surface area contributed by atoms with E-state index in [-0.39, 0.29) is 12.3 Å². The minimum atomic E-state index is -0.0949. The van der Waals surface area contributed by atoms with Crippen molar-refractivity contribution in [2.24, 2.45) is 0 Å². The van der Waals surface area contributed by atoms with E-state index in [1.807, 2.05) is 37.3 Å². The van der Waals surface area contributed by atoms with Gasteiger partial charge in [0.1, 0.15) is 13.2 Å². The predicted molar refractivity (Wildman–Crippen MR) is 94.1 cm³/mol. The Hall–Kier alpha value is -2.60. The Labute approximate surface area is 143 Å². The fourth-order valence-corrected chi connectivity index (χ4v) is 3.61. The van der Waals surface area contributed by atoms with E-state index in [2.05, 4.69) is 16.4 Å². The van der Waals surface area contributed by atoms with Crippen LogP contribution in [0.5, 0.6) is 11.5 Å². The first-order valence-corrected chi connectivity index (χ1v) is 8.54. The average Bonchev–Trinajstić information content (AvgIpc) is 2.95. The van der Waals surface area contributed by atoms with Gasteiger partial charge < -0.3 is 14.8 Å². The molecular weight excluding hydrogens is 324 g/mol. The van der Waals surface area contributed by atoms with Gasteiger partial charge in [0.25, 0.3) is 0 Å². The molecular formula is C18H16N2O3S. The number of nitrogens with zero attached hydrogens (tertiary/aromatic N) is 1. The van der Waals surface area contributed by atoms with Gasteiger partial charge in [-0.25, -0.2) is 4.98 Å². The summed E-state index contributed by atoms with van der Waals surface area (Å²) >= 11 is 1.49. The number of aryl methyl sites for hydroxylation is 1. The molecule has 2 aromatic carbocycles. The zero-order chi connectivity index (χ0) is 16.5. The highest BCUT2D eigenvalue weighted by Crippen LogP contribution is 2.31. The lowest BCUT2D eigenvalue weighted by Gasteiger charge is -2.18. The van der Waals surface area contributed by atoms with E-state index in [0.717, 1.165) is 21.5 Å². The Morgan fingerprint density at radius 3 is 2.88 bits per heavy atom. The van der Waals surface area contributed by atoms with E-state index in [1.165, 1.54) is 16.9 Å². The van der Waals surface area contributed by atoms with Crippen LogP contribution in [0.3, 0.4) is 0 Å². The van der Waals surface area contributed by atoms with Crippen LogP contribution in [0.2, 0.25) is 0 Å². The van der Waals surface area contributed by atoms with Crippen LogP contribution in [0.4, 0.5) is 5.13 Å². The normalized spacial score (nSPS) is 13.0. The summed E-state index contributed by atoms with van der Waals surface area (Å²) in [7, 11) is 0. The molecule has 1 N–H and O–H groups in total. The zero-order valence-corrected chi connectivity index (χ0v) is 14.0. The minimum absolute atomic E-state index is 0.0949. The van der Waals surface area contributed by atoms with Gasteiger partial charge in [0.2, 0.25) is 5.91 Å². The molecule has 3 aromatic rings. The van der Waals surface area contributed by atoms with Crippen molar-refractivity contribution in [2.45, 2.75) is 13.3 Å². The summed E-state index contributed by atoms with van der Waals surface area (Å²) in [5.74, 6) is 1.33. The Bertz CT molecular complexity index is 920. The molecule has 24 heavy (non-hydrogen) atoms. The number of thiazole rings is 1. The number of carbonyl (C=O) groups is 1. The van der Waals surface area contributed by atoms with E-state index in [1.54, 1.807) is 0 Å². The lowest BCUT2D eigenvalue weighted by atomic mass is 10.1. The van der Waals surface area contributed by atoms with E-state index in [4.69, 9.17) is 9.47 Å². The average molecular weight is 340 g/mol. The molecule has 0 saturated heterocycles. The monoisotopic (exact) mass is 340 g/mol. The first kappa shape index (κ1) is 15.0. The lowest BCUT2D eigenvalue weighted by molar-refractivity contribution is -0.115. The molecule has 0 bridgehead atoms. The van der Waals surface area contributed by atoms with Crippen LogP contribution in [-0.4, -0.2) is 24.1 Å². The summed E-state index contributed by atoms with van der Waals surface area (Å²) in [5.41, 5.74) is 2.97. The van der Waals surface area contributed by atoms with Gasteiger partial charge in [-0.05, 0) is 42.3 Å². The summed E-state index contributed by atoms with van der Waals surface area (Å²) < 4.78 is 12.1. The number of benzene rings is 2. The molecule has 0 saturated carbocycles. The van der Waals surface area contributed by atoms with Crippen LogP contribution in [0, 0.1) is 6.92 Å². The molecule has 0 spiro atoms. The third-order valence-corrected chi connectivity index (χ3v) is 4.70. The van der Waals surface area contributed by atoms with Crippen molar-refractivity contribution in [1.29, 1.82) is 0 Å². The van der Waals surface area contributed by atoms with Gasteiger partial charge in [0.05, 0.1) is 16.6 Å². The molecule has 122 valence electrons. The highest BCUT2D eigenvalue weighted by molar-refractivity contribution is 7.22. The molecule has 0 fully saturated rings. The van der Waals surface area contributed by atoms with Crippen molar-refractivity contribution in [3.05, 3.63) is 47.5 Å². The maximum Gasteiger partial charge on any atom is 0.230 e. The molecule has 1 aliphatic rings. The second-order valence-electron chi connectivity index (χ2n) is 5.69. The summed E-state index contributed by atoms with van der Waals surface area (Å²) in [4.78, 5) is 16.7. The predicted octanol–water partition coefficient (Wildman–Crippen LogP) is 3.56. The maximum atomic E-state index is 12.3. The highest BCUT2D eigenvalue weighted by Gasteiger charge is 2.14. The van der Waals surface area contributed by atoms with E-state index in [9.17, 15) is 4.79 Å². The van der Waals surface area contributed by atoms with E-state index < -0.39 is 0 Å². The number of hydrogen-bond donors (Lipinski definition) is 1. The number of aromatic nitrogens is 1. The van der Waals surface area contributed by atoms with Crippen molar-refractivity contribution in [2.75, 3.05) is 18.5 Å². The second-order valence-corrected chi connectivity index (χ2v) is 6.72. The fourth-order valence-electron chi connectivity index (χ4n) is 2.63. The minimum Gasteiger partial charge on any atom is -0.486 e. The van der Waals surface area contributed by atoms with Gasteiger partial charge in [-0.15, -0.1) is 0 Å². The van der Waals surface area contributed by atoms with Crippen LogP contribution in [0.15, 0.2) is 36.4 Å². The first-order chi connectivity index (χ1) is 11.7. The lowest BCUT2D eigenvalue weighted by Crippen LogP contribution is -2.17. The fraction of sp³-hybridized carbons (Fsp3) is 0.222. The number of ether oxygens (including phenoxy) is 2. The van der Waals surface area contributed by atoms with Gasteiger partial charge in [0, 0.05) is 0 Å². The molecule has 0 unspecified atom stereocenters. The van der Waals surface area contributed by atoms with E-state index >= 15 is 0 Å². The molecule has 0 radical (unpaired) electrons. The van der Waals surface area contributed by atoms with Crippen molar-refractivity contribution in [1.82, 2.24) is 4.98 Å².